The van der Waals surface area contributed by atoms with E-state index < -0.39 is 28.0 Å². The first-order valence-corrected chi connectivity index (χ1v) is 12.5. The maximum absolute atomic E-state index is 12.9. The first-order chi connectivity index (χ1) is 16.0. The van der Waals surface area contributed by atoms with Crippen LogP contribution < -0.4 is 9.62 Å². The Kier molecular flexibility index (Phi) is 9.36. The number of sulfonamides is 1. The van der Waals surface area contributed by atoms with E-state index in [-0.39, 0.29) is 30.8 Å². The summed E-state index contributed by atoms with van der Waals surface area (Å²) in [5.74, 6) is -1.16. The van der Waals surface area contributed by atoms with Crippen LogP contribution in [-0.2, 0) is 24.3 Å². The quantitative estimate of drug-likeness (QED) is 0.515. The van der Waals surface area contributed by atoms with E-state index in [9.17, 15) is 18.0 Å². The summed E-state index contributed by atoms with van der Waals surface area (Å²) in [5, 5.41) is 8.91. The van der Waals surface area contributed by atoms with Crippen LogP contribution >= 0.6 is 0 Å². The molecule has 2 rings (SSSR count). The number of carbonyl (C=O) groups excluding carboxylic acids is 2. The number of carbonyl (C=O) groups is 2. The van der Waals surface area contributed by atoms with Crippen molar-refractivity contribution in [3.8, 4) is 6.07 Å². The Morgan fingerprint density at radius 3 is 2.24 bits per heavy atom. The minimum absolute atomic E-state index is 0.125. The van der Waals surface area contributed by atoms with Crippen molar-refractivity contribution in [1.82, 2.24) is 4.72 Å². The first kappa shape index (κ1) is 27.0. The van der Waals surface area contributed by atoms with Crippen LogP contribution in [0.2, 0.25) is 0 Å². The highest BCUT2D eigenvalue weighted by Gasteiger charge is 2.26. The highest BCUT2D eigenvalue weighted by atomic mass is 32.2. The lowest BCUT2D eigenvalue weighted by Crippen LogP contribution is -2.41. The molecular weight excluding hydrogens is 454 g/mol. The highest BCUT2D eigenvalue weighted by Crippen LogP contribution is 2.25. The number of rotatable bonds is 10. The second kappa shape index (κ2) is 11.8. The van der Waals surface area contributed by atoms with Gasteiger partial charge in [-0.3, -0.25) is 9.59 Å². The van der Waals surface area contributed by atoms with Gasteiger partial charge < -0.3 is 9.64 Å². The smallest absolute Gasteiger partial charge is 0.307 e. The van der Waals surface area contributed by atoms with Crippen LogP contribution in [0.15, 0.2) is 41.3 Å². The summed E-state index contributed by atoms with van der Waals surface area (Å²) < 4.78 is 33.5. The molecule has 0 aliphatic rings. The Labute approximate surface area is 201 Å². The number of anilines is 1. The van der Waals surface area contributed by atoms with E-state index in [0.29, 0.717) is 16.8 Å². The summed E-state index contributed by atoms with van der Waals surface area (Å²) >= 11 is 0. The lowest BCUT2D eigenvalue weighted by molar-refractivity contribution is -0.153. The van der Waals surface area contributed by atoms with Crippen molar-refractivity contribution in [2.24, 2.45) is 0 Å². The standard InChI is InChI=1S/C25H31N3O5S/c1-17-16-18(2)20(4)24(19(17)3)34(31,32)27-14-12-23(29)33-21(5)25(30)28(15-9-13-26)22-10-7-6-8-11-22/h6-8,10-11,16,21,27H,9,12,14-15H2,1-5H3. The molecule has 0 spiro atoms. The van der Waals surface area contributed by atoms with Crippen molar-refractivity contribution < 1.29 is 22.7 Å². The lowest BCUT2D eigenvalue weighted by atomic mass is 10.0. The molecule has 9 heteroatoms. The molecule has 182 valence electrons. The van der Waals surface area contributed by atoms with Gasteiger partial charge in [0.1, 0.15) is 0 Å². The number of esters is 1. The molecule has 0 heterocycles. The van der Waals surface area contributed by atoms with Gasteiger partial charge >= 0.3 is 5.97 Å². The van der Waals surface area contributed by atoms with Gasteiger partial charge in [-0.1, -0.05) is 24.3 Å². The van der Waals surface area contributed by atoms with Gasteiger partial charge in [0.25, 0.3) is 5.91 Å². The van der Waals surface area contributed by atoms with Crippen molar-refractivity contribution in [2.45, 2.75) is 58.5 Å². The topological polar surface area (TPSA) is 117 Å². The third kappa shape index (κ3) is 6.65. The van der Waals surface area contributed by atoms with Crippen LogP contribution in [0.5, 0.6) is 0 Å². The molecule has 0 saturated heterocycles. The SMILES string of the molecule is Cc1cc(C)c(C)c(S(=O)(=O)NCCC(=O)OC(C)C(=O)N(CCC#N)c2ccccc2)c1C. The number of hydrogen-bond acceptors (Lipinski definition) is 6. The molecule has 2 aromatic carbocycles. The van der Waals surface area contributed by atoms with Gasteiger partial charge in [0.15, 0.2) is 6.10 Å². The van der Waals surface area contributed by atoms with E-state index in [0.717, 1.165) is 11.1 Å². The molecule has 0 radical (unpaired) electrons. The molecule has 0 aliphatic heterocycles. The van der Waals surface area contributed by atoms with Crippen LogP contribution in [0.3, 0.4) is 0 Å². The van der Waals surface area contributed by atoms with Gasteiger partial charge in [-0.2, -0.15) is 5.26 Å². The highest BCUT2D eigenvalue weighted by molar-refractivity contribution is 7.89. The van der Waals surface area contributed by atoms with Crippen LogP contribution in [-0.4, -0.2) is 39.5 Å². The van der Waals surface area contributed by atoms with Gasteiger partial charge in [-0.05, 0) is 69.0 Å². The van der Waals surface area contributed by atoms with Gasteiger partial charge in [0, 0.05) is 18.8 Å². The minimum atomic E-state index is -3.83. The fraction of sp³-hybridized carbons (Fsp3) is 0.400. The van der Waals surface area contributed by atoms with Gasteiger partial charge in [-0.15, -0.1) is 0 Å². The first-order valence-electron chi connectivity index (χ1n) is 11.0. The second-order valence-electron chi connectivity index (χ2n) is 8.10. The Balaban J connectivity index is 2.01. The average Bonchev–Trinajstić information content (AvgIpc) is 2.78. The average molecular weight is 486 g/mol. The number of benzene rings is 2. The predicted octanol–water partition coefficient (Wildman–Crippen LogP) is 3.47. The van der Waals surface area contributed by atoms with Crippen molar-refractivity contribution in [3.63, 3.8) is 0 Å². The number of nitrogens with zero attached hydrogens (tertiary/aromatic N) is 2. The summed E-state index contributed by atoms with van der Waals surface area (Å²) in [4.78, 5) is 26.8. The Hall–Kier alpha value is -3.22. The maximum Gasteiger partial charge on any atom is 0.307 e. The molecule has 0 aliphatic carbocycles. The van der Waals surface area contributed by atoms with Gasteiger partial charge in [0.2, 0.25) is 10.0 Å². The van der Waals surface area contributed by atoms with E-state index in [1.54, 1.807) is 38.1 Å². The Bertz CT molecular complexity index is 1160. The van der Waals surface area contributed by atoms with Crippen LogP contribution in [0.4, 0.5) is 5.69 Å². The van der Waals surface area contributed by atoms with Crippen molar-refractivity contribution >= 4 is 27.6 Å². The number of para-hydroxylation sites is 1. The predicted molar refractivity (Wildman–Crippen MR) is 130 cm³/mol. The normalized spacial score (nSPS) is 12.0. The number of hydrogen-bond donors (Lipinski definition) is 1. The van der Waals surface area contributed by atoms with Crippen molar-refractivity contribution in [1.29, 1.82) is 5.26 Å². The van der Waals surface area contributed by atoms with Crippen LogP contribution in [0.1, 0.15) is 42.0 Å². The van der Waals surface area contributed by atoms with Crippen molar-refractivity contribution in [3.05, 3.63) is 58.7 Å². The van der Waals surface area contributed by atoms with Gasteiger partial charge in [0.05, 0.1) is 23.8 Å². The summed E-state index contributed by atoms with van der Waals surface area (Å²) in [7, 11) is -3.83. The van der Waals surface area contributed by atoms with E-state index in [1.165, 1.54) is 11.8 Å². The Morgan fingerprint density at radius 2 is 1.68 bits per heavy atom. The molecule has 0 saturated carbocycles. The molecular formula is C25H31N3O5S. The molecule has 0 aromatic heterocycles. The molecule has 1 amide bonds. The number of nitrogens with one attached hydrogen (secondary N) is 1. The molecule has 1 unspecified atom stereocenters. The lowest BCUT2D eigenvalue weighted by Gasteiger charge is -2.25. The summed E-state index contributed by atoms with van der Waals surface area (Å²) in [5.41, 5.74) is 3.66. The van der Waals surface area contributed by atoms with E-state index in [2.05, 4.69) is 4.72 Å². The molecule has 1 N–H and O–H groups in total. The van der Waals surface area contributed by atoms with E-state index in [1.807, 2.05) is 32.0 Å². The molecule has 0 fully saturated rings. The third-order valence-corrected chi connectivity index (χ3v) is 7.36. The molecule has 1 atom stereocenters. The molecule has 2 aromatic rings. The summed E-state index contributed by atoms with van der Waals surface area (Å²) in [6.45, 7) is 8.67. The fourth-order valence-corrected chi connectivity index (χ4v) is 5.25. The van der Waals surface area contributed by atoms with Crippen LogP contribution in [0, 0.1) is 39.0 Å². The minimum Gasteiger partial charge on any atom is -0.452 e. The van der Waals surface area contributed by atoms with Crippen LogP contribution in [0.25, 0.3) is 0 Å². The Morgan fingerprint density at radius 1 is 1.09 bits per heavy atom. The molecule has 34 heavy (non-hydrogen) atoms. The van der Waals surface area contributed by atoms with Crippen molar-refractivity contribution in [2.75, 3.05) is 18.0 Å². The second-order valence-corrected chi connectivity index (χ2v) is 9.81. The van der Waals surface area contributed by atoms with E-state index >= 15 is 0 Å². The zero-order valence-electron chi connectivity index (χ0n) is 20.2. The molecule has 0 bridgehead atoms. The monoisotopic (exact) mass is 485 g/mol. The fourth-order valence-electron chi connectivity index (χ4n) is 3.61. The zero-order valence-corrected chi connectivity index (χ0v) is 21.0. The largest absolute Gasteiger partial charge is 0.452 e. The number of amides is 1. The number of aryl methyl sites for hydroxylation is 2. The zero-order chi connectivity index (χ0) is 25.5. The van der Waals surface area contributed by atoms with E-state index in [4.69, 9.17) is 10.00 Å². The third-order valence-electron chi connectivity index (χ3n) is 5.62. The van der Waals surface area contributed by atoms with Gasteiger partial charge in [-0.25, -0.2) is 13.1 Å². The summed E-state index contributed by atoms with van der Waals surface area (Å²) in [6.07, 6.45) is -1.20. The summed E-state index contributed by atoms with van der Waals surface area (Å²) in [6, 6.07) is 12.8. The number of nitriles is 1. The molecule has 8 nitrogen and oxygen atoms in total. The number of ether oxygens (including phenoxy) is 1. The maximum atomic E-state index is 12.9.